The molecule has 582 valence electrons. The third-order valence-corrected chi connectivity index (χ3v) is 24.0. The summed E-state index contributed by atoms with van der Waals surface area (Å²) in [5.74, 6) is 1.01. The van der Waals surface area contributed by atoms with Crippen LogP contribution in [0.15, 0.2) is 264 Å². The van der Waals surface area contributed by atoms with Gasteiger partial charge in [-0.3, -0.25) is 4.68 Å². The zero-order valence-corrected chi connectivity index (χ0v) is 70.5. The van der Waals surface area contributed by atoms with E-state index in [0.29, 0.717) is 11.4 Å². The van der Waals surface area contributed by atoms with Crippen LogP contribution in [0.3, 0.4) is 0 Å². The monoisotopic (exact) mass is 1530 g/mol. The molecule has 0 saturated heterocycles. The third kappa shape index (κ3) is 13.3. The SMILES string of the molecule is Cc1ccc2c(n1)oc1c(N3c4ccccc4N(C(C)(C)c4cc(C)nn4C)[C@@H]3C)c(C)ccc12.Cc1ccc2c(n1)oc1c(N3c4ccccc4N(C(C)(C)c4cnc(C)n4C)[C@@H]3C)c(C)ccc12.Cc1ccccc1-c1cccc(-c2c3ccccc3cc[n+]2C)[n+]1C.Cc1ccccc1-c1cccc(-c2cccc[n+]2C)[n+]1C. The molecule has 0 radical (unpaired) electrons. The quantitative estimate of drug-likeness (QED) is 0.123. The second-order valence-corrected chi connectivity index (χ2v) is 32.3. The Morgan fingerprint density at radius 3 is 1.33 bits per heavy atom. The van der Waals surface area contributed by atoms with Crippen LogP contribution in [-0.2, 0) is 53.4 Å². The molecular weight excluding hydrogens is 1430 g/mol. The molecule has 0 amide bonds. The Labute approximate surface area is 680 Å². The van der Waals surface area contributed by atoms with E-state index < -0.39 is 0 Å². The molecule has 2 aliphatic rings. The summed E-state index contributed by atoms with van der Waals surface area (Å²) < 4.78 is 26.0. The maximum atomic E-state index is 6.46. The molecular formula is C100H104N14O2+4. The van der Waals surface area contributed by atoms with E-state index in [-0.39, 0.29) is 23.4 Å². The topological polar surface area (TPSA) is 116 Å². The lowest BCUT2D eigenvalue weighted by Crippen LogP contribution is -2.50. The normalized spacial score (nSPS) is 14.0. The van der Waals surface area contributed by atoms with Gasteiger partial charge in [0, 0.05) is 101 Å². The van der Waals surface area contributed by atoms with Crippen LogP contribution in [0.25, 0.3) is 100 Å². The van der Waals surface area contributed by atoms with E-state index in [1.807, 2.05) is 43.9 Å². The van der Waals surface area contributed by atoms with Crippen LogP contribution in [-0.4, -0.2) is 41.6 Å². The maximum absolute atomic E-state index is 6.46. The lowest BCUT2D eigenvalue weighted by atomic mass is 9.96. The van der Waals surface area contributed by atoms with Gasteiger partial charge in [0.05, 0.1) is 73.9 Å². The Morgan fingerprint density at radius 1 is 0.379 bits per heavy atom. The summed E-state index contributed by atoms with van der Waals surface area (Å²) in [6.07, 6.45) is 6.31. The maximum Gasteiger partial charge on any atom is 0.285 e. The summed E-state index contributed by atoms with van der Waals surface area (Å²) in [6, 6.07) is 83.6. The summed E-state index contributed by atoms with van der Waals surface area (Å²) >= 11 is 0. The van der Waals surface area contributed by atoms with Crippen molar-refractivity contribution >= 4 is 89.0 Å². The Balaban J connectivity index is 0.000000118. The van der Waals surface area contributed by atoms with Crippen LogP contribution in [0.1, 0.15) is 98.1 Å². The van der Waals surface area contributed by atoms with Crippen molar-refractivity contribution in [3.05, 3.63) is 312 Å². The highest BCUT2D eigenvalue weighted by Gasteiger charge is 2.47. The number of benzene rings is 7. The number of nitrogens with zero attached hydrogens (tertiary/aromatic N) is 14. The van der Waals surface area contributed by atoms with Crippen LogP contribution in [0, 0.1) is 55.4 Å². The van der Waals surface area contributed by atoms with Gasteiger partial charge < -0.3 is 33.0 Å². The summed E-state index contributed by atoms with van der Waals surface area (Å²) in [4.78, 5) is 23.8. The summed E-state index contributed by atoms with van der Waals surface area (Å²) in [7, 11) is 12.6. The number of rotatable bonds is 10. The number of hydrogen-bond acceptors (Lipinski definition) is 10. The number of aryl methyl sites for hydroxylation is 11. The van der Waals surface area contributed by atoms with E-state index in [1.54, 1.807) is 0 Å². The summed E-state index contributed by atoms with van der Waals surface area (Å²) in [6.45, 7) is 30.4. The second kappa shape index (κ2) is 30.4. The second-order valence-electron chi connectivity index (χ2n) is 32.3. The first-order chi connectivity index (χ1) is 55.7. The molecule has 2 aliphatic heterocycles. The molecule has 7 aromatic carbocycles. The molecule has 0 fully saturated rings. The van der Waals surface area contributed by atoms with Crippen molar-refractivity contribution in [3.8, 4) is 45.3 Å². The van der Waals surface area contributed by atoms with Crippen molar-refractivity contribution in [2.45, 2.75) is 120 Å². The number of pyridine rings is 6. The van der Waals surface area contributed by atoms with E-state index >= 15 is 0 Å². The van der Waals surface area contributed by atoms with E-state index in [4.69, 9.17) is 8.83 Å². The Kier molecular flexibility index (Phi) is 20.1. The fourth-order valence-corrected chi connectivity index (χ4v) is 18.2. The average Bonchev–Trinajstić information content (AvgIpc) is 1.56. The average molecular weight is 1530 g/mol. The van der Waals surface area contributed by atoms with Gasteiger partial charge in [-0.2, -0.15) is 23.4 Å². The van der Waals surface area contributed by atoms with Gasteiger partial charge in [-0.25, -0.2) is 15.0 Å². The first-order valence-corrected chi connectivity index (χ1v) is 40.1. The first-order valence-electron chi connectivity index (χ1n) is 40.1. The van der Waals surface area contributed by atoms with Crippen molar-refractivity contribution in [2.75, 3.05) is 19.6 Å². The molecule has 16 nitrogen and oxygen atoms in total. The number of furan rings is 2. The van der Waals surface area contributed by atoms with Crippen LogP contribution < -0.4 is 37.9 Å². The number of hydrogen-bond donors (Lipinski definition) is 0. The number of anilines is 6. The van der Waals surface area contributed by atoms with E-state index in [1.165, 1.54) is 112 Å². The van der Waals surface area contributed by atoms with Crippen molar-refractivity contribution in [3.63, 3.8) is 0 Å². The van der Waals surface area contributed by atoms with Gasteiger partial charge >= 0.3 is 0 Å². The number of aromatic nitrogens is 10. The lowest BCUT2D eigenvalue weighted by Gasteiger charge is -2.42. The largest absolute Gasteiger partial charge is 0.435 e. The predicted octanol–water partition coefficient (Wildman–Crippen LogP) is 20.9. The molecule has 116 heavy (non-hydrogen) atoms. The molecule has 10 aromatic heterocycles. The highest BCUT2D eigenvalue weighted by molar-refractivity contribution is 6.11. The van der Waals surface area contributed by atoms with Gasteiger partial charge in [-0.15, -0.1) is 0 Å². The molecule has 12 heterocycles. The number of fused-ring (bicyclic) bond motifs is 9. The highest BCUT2D eigenvalue weighted by atomic mass is 16.3. The Morgan fingerprint density at radius 2 is 0.828 bits per heavy atom. The van der Waals surface area contributed by atoms with E-state index in [9.17, 15) is 0 Å². The minimum Gasteiger partial charge on any atom is -0.435 e. The fraction of sp³-hybridized carbons (Fsp3) is 0.240. The van der Waals surface area contributed by atoms with E-state index in [2.05, 4.69) is 418 Å². The van der Waals surface area contributed by atoms with Gasteiger partial charge in [0.25, 0.3) is 22.8 Å². The zero-order valence-electron chi connectivity index (χ0n) is 70.5. The van der Waals surface area contributed by atoms with Gasteiger partial charge in [-0.1, -0.05) is 103 Å². The molecule has 0 saturated carbocycles. The molecule has 0 aliphatic carbocycles. The van der Waals surface area contributed by atoms with Gasteiger partial charge in [0.15, 0.2) is 23.6 Å². The van der Waals surface area contributed by atoms with Crippen molar-refractivity contribution < 1.29 is 27.1 Å². The third-order valence-electron chi connectivity index (χ3n) is 24.0. The first kappa shape index (κ1) is 76.9. The van der Waals surface area contributed by atoms with Crippen molar-refractivity contribution in [1.29, 1.82) is 0 Å². The molecule has 0 N–H and O–H groups in total. The van der Waals surface area contributed by atoms with Gasteiger partial charge in [-0.05, 0) is 216 Å². The molecule has 0 spiro atoms. The molecule has 19 rings (SSSR count). The van der Waals surface area contributed by atoms with Crippen molar-refractivity contribution in [2.24, 2.45) is 42.3 Å². The summed E-state index contributed by atoms with van der Waals surface area (Å²) in [5, 5.41) is 11.5. The molecule has 2 atom stereocenters. The number of imidazole rings is 1. The van der Waals surface area contributed by atoms with E-state index in [0.717, 1.165) is 67.0 Å². The zero-order chi connectivity index (χ0) is 81.5. The van der Waals surface area contributed by atoms with Crippen LogP contribution in [0.5, 0.6) is 0 Å². The standard InChI is InChI=1S/2C29H31N5O.C23H22N2.C19H20N2/c1-17-12-14-21-22-15-13-18(2)31-28(22)35-27(21)26(17)33-20(4)34(24-11-9-8-10-23(24)33)29(5,6)25-16-30-19(3)32(25)7;1-17-12-14-21-22-15-13-18(2)30-28(22)35-27(21)26(17)33-20(4)34(24-11-9-8-10-23(24)33)29(5,6)25-16-19(3)31-32(25)7;1-17-9-4-6-11-19(17)21-13-8-14-22(25(21)3)23-20-12-7-5-10-18(20)15-16-24(23)2;1-15-9-4-5-10-16(15)17-12-8-13-19(21(17)3)18-11-6-7-14-20(18)2/h2*8-16,20H,1-7H3;4-16H,1-3H3;4-14H,1-3H3/q;;2*+2/t2*20-;;/m11../s1. The van der Waals surface area contributed by atoms with Gasteiger partial charge in [0.1, 0.15) is 46.3 Å². The Hall–Kier alpha value is -13.1. The fourth-order valence-electron chi connectivity index (χ4n) is 18.2. The Bertz CT molecular complexity index is 6390. The minimum absolute atomic E-state index is 0.0461. The van der Waals surface area contributed by atoms with Crippen LogP contribution in [0.4, 0.5) is 34.1 Å². The summed E-state index contributed by atoms with van der Waals surface area (Å²) in [5.41, 5.74) is 29.6. The molecule has 17 aromatic rings. The van der Waals surface area contributed by atoms with Gasteiger partial charge in [0.2, 0.25) is 22.8 Å². The lowest BCUT2D eigenvalue weighted by molar-refractivity contribution is -0.685. The highest BCUT2D eigenvalue weighted by Crippen LogP contribution is 2.54. The van der Waals surface area contributed by atoms with Crippen LogP contribution >= 0.6 is 0 Å². The predicted molar refractivity (Wildman–Crippen MR) is 471 cm³/mol. The van der Waals surface area contributed by atoms with Crippen LogP contribution in [0.2, 0.25) is 0 Å². The molecule has 0 unspecified atom stereocenters. The van der Waals surface area contributed by atoms with Crippen molar-refractivity contribution in [1.82, 2.24) is 29.3 Å². The molecule has 16 heteroatoms. The smallest absolute Gasteiger partial charge is 0.285 e. The molecule has 0 bridgehead atoms. The number of para-hydroxylation sites is 4. The minimum atomic E-state index is -0.297.